The normalized spacial score (nSPS) is 12.4. The fourth-order valence-electron chi connectivity index (χ4n) is 2.22. The first-order valence-corrected chi connectivity index (χ1v) is 5.39. The number of nitrogen functional groups attached to an aromatic ring is 1. The van der Waals surface area contributed by atoms with E-state index in [4.69, 9.17) is 5.73 Å². The summed E-state index contributed by atoms with van der Waals surface area (Å²) in [5.74, 6) is -1.26. The Kier molecular flexibility index (Phi) is 3.49. The molecule has 2 aromatic carbocycles. The molecule has 4 nitrogen and oxygen atoms in total. The van der Waals surface area contributed by atoms with Crippen LogP contribution in [0.2, 0.25) is 0 Å². The van der Waals surface area contributed by atoms with Gasteiger partial charge in [-0.05, 0) is 6.07 Å². The molecular formula is C14H8NNaO3. The van der Waals surface area contributed by atoms with Crippen LogP contribution in [0.3, 0.4) is 0 Å². The molecule has 0 saturated carbocycles. The molecule has 0 fully saturated rings. The average Bonchev–Trinajstić information content (AvgIpc) is 2.38. The molecule has 0 atom stereocenters. The van der Waals surface area contributed by atoms with E-state index in [1.165, 1.54) is 12.1 Å². The summed E-state index contributed by atoms with van der Waals surface area (Å²) in [5.41, 5.74) is 6.35. The van der Waals surface area contributed by atoms with Gasteiger partial charge in [0.15, 0.2) is 11.6 Å². The molecule has 88 valence electrons. The number of ketones is 2. The minimum absolute atomic E-state index is 0. The van der Waals surface area contributed by atoms with E-state index < -0.39 is 11.5 Å². The van der Waals surface area contributed by atoms with Crippen LogP contribution >= 0.6 is 0 Å². The molecular weight excluding hydrogens is 253 g/mol. The molecule has 0 saturated heterocycles. The van der Waals surface area contributed by atoms with E-state index in [0.717, 1.165) is 0 Å². The van der Waals surface area contributed by atoms with E-state index in [1.807, 2.05) is 0 Å². The van der Waals surface area contributed by atoms with E-state index >= 15 is 0 Å². The minimum Gasteiger partial charge on any atom is -0.872 e. The first-order valence-electron chi connectivity index (χ1n) is 5.39. The van der Waals surface area contributed by atoms with Crippen molar-refractivity contribution in [2.45, 2.75) is 0 Å². The Labute approximate surface area is 131 Å². The number of nitrogens with two attached hydrogens (primary N) is 1. The van der Waals surface area contributed by atoms with Crippen LogP contribution in [-0.2, 0) is 0 Å². The minimum atomic E-state index is -0.466. The Morgan fingerprint density at radius 3 is 1.95 bits per heavy atom. The molecule has 0 aliphatic heterocycles. The molecule has 0 spiro atoms. The zero-order valence-electron chi connectivity index (χ0n) is 10.3. The summed E-state index contributed by atoms with van der Waals surface area (Å²) < 4.78 is 0. The maximum Gasteiger partial charge on any atom is 1.00 e. The van der Waals surface area contributed by atoms with Gasteiger partial charge in [-0.25, -0.2) is 0 Å². The third kappa shape index (κ3) is 1.89. The number of benzene rings is 2. The Bertz CT molecular complexity index is 650. The number of hydrogen-bond acceptors (Lipinski definition) is 4. The second-order valence-electron chi connectivity index (χ2n) is 4.11. The van der Waals surface area contributed by atoms with Crippen LogP contribution in [0.4, 0.5) is 5.69 Å². The van der Waals surface area contributed by atoms with Gasteiger partial charge in [0.05, 0.1) is 5.56 Å². The predicted octanol–water partition coefficient (Wildman–Crippen LogP) is -1.88. The second-order valence-corrected chi connectivity index (χ2v) is 4.11. The third-order valence-electron chi connectivity index (χ3n) is 3.07. The van der Waals surface area contributed by atoms with Gasteiger partial charge in [0.25, 0.3) is 0 Å². The van der Waals surface area contributed by atoms with Crippen molar-refractivity contribution in [2.75, 3.05) is 5.73 Å². The Morgan fingerprint density at radius 1 is 0.842 bits per heavy atom. The van der Waals surface area contributed by atoms with Gasteiger partial charge in [-0.2, -0.15) is 0 Å². The topological polar surface area (TPSA) is 83.2 Å². The van der Waals surface area contributed by atoms with Gasteiger partial charge in [-0.15, -0.1) is 0 Å². The predicted molar refractivity (Wildman–Crippen MR) is 63.6 cm³/mol. The van der Waals surface area contributed by atoms with Crippen LogP contribution in [0.1, 0.15) is 31.8 Å². The van der Waals surface area contributed by atoms with Crippen molar-refractivity contribution in [3.05, 3.63) is 58.7 Å². The molecule has 3 rings (SSSR count). The molecule has 1 aliphatic carbocycles. The Balaban J connectivity index is 0.00000133. The molecule has 0 bridgehead atoms. The van der Waals surface area contributed by atoms with Crippen LogP contribution in [0.25, 0.3) is 0 Å². The van der Waals surface area contributed by atoms with Gasteiger partial charge in [-0.3, -0.25) is 9.59 Å². The largest absolute Gasteiger partial charge is 1.00 e. The van der Waals surface area contributed by atoms with Gasteiger partial charge in [0, 0.05) is 22.4 Å². The van der Waals surface area contributed by atoms with Crippen LogP contribution in [-0.4, -0.2) is 11.6 Å². The molecule has 2 N–H and O–H groups in total. The summed E-state index contributed by atoms with van der Waals surface area (Å²) in [6.45, 7) is 0. The summed E-state index contributed by atoms with van der Waals surface area (Å²) in [6, 6.07) is 9.02. The first-order chi connectivity index (χ1) is 8.61. The maximum absolute atomic E-state index is 12.3. The summed E-state index contributed by atoms with van der Waals surface area (Å²) in [6.07, 6.45) is 0. The molecule has 1 aliphatic rings. The molecule has 0 aromatic heterocycles. The quantitative estimate of drug-likeness (QED) is 0.379. The van der Waals surface area contributed by atoms with Crippen LogP contribution in [0.15, 0.2) is 36.4 Å². The van der Waals surface area contributed by atoms with Crippen molar-refractivity contribution in [1.82, 2.24) is 0 Å². The van der Waals surface area contributed by atoms with E-state index in [1.54, 1.807) is 24.3 Å². The fourth-order valence-corrected chi connectivity index (χ4v) is 2.22. The van der Waals surface area contributed by atoms with E-state index in [-0.39, 0.29) is 57.7 Å². The Hall–Kier alpha value is -1.62. The molecule has 0 amide bonds. The zero-order chi connectivity index (χ0) is 12.9. The SMILES string of the molecule is Nc1ccc([O-])c2c1C(=O)c1ccccc1C2=O.[Na+]. The van der Waals surface area contributed by atoms with Crippen molar-refractivity contribution < 1.29 is 44.3 Å². The maximum atomic E-state index is 12.3. The van der Waals surface area contributed by atoms with E-state index in [2.05, 4.69) is 0 Å². The standard InChI is InChI=1S/C14H9NO3.Na/c15-9-5-6-10(16)12-11(9)13(17)7-3-1-2-4-8(7)14(12)18;/h1-6,16H,15H2;/q;+1/p-1. The summed E-state index contributed by atoms with van der Waals surface area (Å²) in [7, 11) is 0. The number of carbonyl (C=O) groups excluding carboxylic acids is 2. The van der Waals surface area contributed by atoms with E-state index in [9.17, 15) is 14.7 Å². The van der Waals surface area contributed by atoms with Gasteiger partial charge in [0.2, 0.25) is 0 Å². The monoisotopic (exact) mass is 261 g/mol. The molecule has 19 heavy (non-hydrogen) atoms. The smallest absolute Gasteiger partial charge is 0.872 e. The van der Waals surface area contributed by atoms with Crippen molar-refractivity contribution in [1.29, 1.82) is 0 Å². The number of fused-ring (bicyclic) bond motifs is 2. The van der Waals surface area contributed by atoms with Gasteiger partial charge >= 0.3 is 29.6 Å². The van der Waals surface area contributed by atoms with Crippen molar-refractivity contribution >= 4 is 17.3 Å². The number of carbonyl (C=O) groups is 2. The summed E-state index contributed by atoms with van der Waals surface area (Å²) in [4.78, 5) is 24.5. The van der Waals surface area contributed by atoms with Gasteiger partial charge in [-0.1, -0.05) is 36.1 Å². The fraction of sp³-hybridized carbons (Fsp3) is 0. The molecule has 0 radical (unpaired) electrons. The molecule has 2 aromatic rings. The molecule has 0 heterocycles. The first kappa shape index (κ1) is 13.8. The van der Waals surface area contributed by atoms with Crippen LogP contribution in [0, 0.1) is 0 Å². The zero-order valence-corrected chi connectivity index (χ0v) is 12.3. The average molecular weight is 261 g/mol. The van der Waals surface area contributed by atoms with Crippen LogP contribution in [0.5, 0.6) is 5.75 Å². The third-order valence-corrected chi connectivity index (χ3v) is 3.07. The van der Waals surface area contributed by atoms with Gasteiger partial charge < -0.3 is 10.8 Å². The van der Waals surface area contributed by atoms with Crippen molar-refractivity contribution in [3.8, 4) is 5.75 Å². The van der Waals surface area contributed by atoms with Crippen LogP contribution < -0.4 is 40.4 Å². The summed E-state index contributed by atoms with van der Waals surface area (Å²) in [5, 5.41) is 11.8. The molecule has 5 heteroatoms. The Morgan fingerprint density at radius 2 is 1.37 bits per heavy atom. The van der Waals surface area contributed by atoms with Gasteiger partial charge in [0.1, 0.15) is 0 Å². The van der Waals surface area contributed by atoms with E-state index in [0.29, 0.717) is 5.56 Å². The number of hydrogen-bond donors (Lipinski definition) is 1. The number of rotatable bonds is 0. The summed E-state index contributed by atoms with van der Waals surface area (Å²) >= 11 is 0. The van der Waals surface area contributed by atoms with Crippen molar-refractivity contribution in [2.24, 2.45) is 0 Å². The second kappa shape index (κ2) is 4.81. The number of anilines is 1. The molecule has 0 unspecified atom stereocenters. The van der Waals surface area contributed by atoms with Crippen molar-refractivity contribution in [3.63, 3.8) is 0 Å².